The first kappa shape index (κ1) is 24.4. The third-order valence-corrected chi connectivity index (χ3v) is 7.31. The van der Waals surface area contributed by atoms with Crippen molar-refractivity contribution in [3.63, 3.8) is 0 Å². The van der Waals surface area contributed by atoms with E-state index in [0.717, 1.165) is 18.5 Å². The van der Waals surface area contributed by atoms with Crippen LogP contribution in [0.1, 0.15) is 36.2 Å². The van der Waals surface area contributed by atoms with Gasteiger partial charge in [0.25, 0.3) is 5.91 Å². The maximum absolute atomic E-state index is 12.8. The van der Waals surface area contributed by atoms with Crippen molar-refractivity contribution in [2.75, 3.05) is 39.3 Å². The Bertz CT molecular complexity index is 954. The standard InChI is InChI=1S/C24H33N3O4S/c1-20(2)31-18-6-13-25-24(28)22-11-9-21(10-12-22)19-26-14-16-27(17-15-26)32(29,30)23-7-4-3-5-8-23/h3-5,7-12,20H,6,13-19H2,1-2H3,(H,25,28). The zero-order valence-electron chi connectivity index (χ0n) is 18.9. The predicted octanol–water partition coefficient (Wildman–Crippen LogP) is 2.74. The minimum Gasteiger partial charge on any atom is -0.379 e. The smallest absolute Gasteiger partial charge is 0.251 e. The Balaban J connectivity index is 1.44. The van der Waals surface area contributed by atoms with Gasteiger partial charge in [-0.15, -0.1) is 0 Å². The first-order valence-corrected chi connectivity index (χ1v) is 12.6. The summed E-state index contributed by atoms with van der Waals surface area (Å²) in [6, 6.07) is 16.2. The minimum absolute atomic E-state index is 0.0826. The molecule has 0 saturated carbocycles. The fraction of sp³-hybridized carbons (Fsp3) is 0.458. The SMILES string of the molecule is CC(C)OCCCNC(=O)c1ccc(CN2CCN(S(=O)(=O)c3ccccc3)CC2)cc1. The van der Waals surface area contributed by atoms with Gasteiger partial charge >= 0.3 is 0 Å². The molecule has 2 aromatic rings. The molecule has 1 heterocycles. The normalized spacial score (nSPS) is 15.7. The summed E-state index contributed by atoms with van der Waals surface area (Å²) in [7, 11) is -3.43. The molecule has 0 atom stereocenters. The molecule has 1 aliphatic rings. The van der Waals surface area contributed by atoms with Crippen LogP contribution in [-0.2, 0) is 21.3 Å². The number of hydrogen-bond acceptors (Lipinski definition) is 5. The molecule has 0 spiro atoms. The maximum atomic E-state index is 12.8. The third kappa shape index (κ3) is 6.87. The van der Waals surface area contributed by atoms with Crippen molar-refractivity contribution in [3.05, 3.63) is 65.7 Å². The van der Waals surface area contributed by atoms with Crippen LogP contribution in [0.5, 0.6) is 0 Å². The van der Waals surface area contributed by atoms with Crippen LogP contribution in [0.25, 0.3) is 0 Å². The number of carbonyl (C=O) groups is 1. The Morgan fingerprint density at radius 3 is 2.28 bits per heavy atom. The zero-order chi connectivity index (χ0) is 23.0. The quantitative estimate of drug-likeness (QED) is 0.553. The Hall–Kier alpha value is -2.26. The van der Waals surface area contributed by atoms with E-state index < -0.39 is 10.0 Å². The molecule has 7 nitrogen and oxygen atoms in total. The molecule has 0 radical (unpaired) electrons. The second kappa shape index (κ2) is 11.6. The lowest BCUT2D eigenvalue weighted by Gasteiger charge is -2.34. The van der Waals surface area contributed by atoms with E-state index in [1.54, 1.807) is 28.6 Å². The van der Waals surface area contributed by atoms with E-state index in [4.69, 9.17) is 4.74 Å². The van der Waals surface area contributed by atoms with Crippen molar-refractivity contribution in [1.29, 1.82) is 0 Å². The zero-order valence-corrected chi connectivity index (χ0v) is 19.7. The highest BCUT2D eigenvalue weighted by atomic mass is 32.2. The fourth-order valence-corrected chi connectivity index (χ4v) is 5.03. The van der Waals surface area contributed by atoms with Crippen LogP contribution in [0.3, 0.4) is 0 Å². The Morgan fingerprint density at radius 2 is 1.66 bits per heavy atom. The molecule has 32 heavy (non-hydrogen) atoms. The van der Waals surface area contributed by atoms with Gasteiger partial charge in [0.1, 0.15) is 0 Å². The monoisotopic (exact) mass is 459 g/mol. The molecule has 1 fully saturated rings. The molecule has 0 unspecified atom stereocenters. The lowest BCUT2D eigenvalue weighted by atomic mass is 10.1. The molecule has 0 aliphatic carbocycles. The molecule has 3 rings (SSSR count). The summed E-state index contributed by atoms with van der Waals surface area (Å²) in [6.45, 7) is 8.23. The van der Waals surface area contributed by atoms with Crippen LogP contribution in [0, 0.1) is 0 Å². The van der Waals surface area contributed by atoms with E-state index in [1.165, 1.54) is 0 Å². The topological polar surface area (TPSA) is 79.0 Å². The highest BCUT2D eigenvalue weighted by Gasteiger charge is 2.28. The molecular formula is C24H33N3O4S. The summed E-state index contributed by atoms with van der Waals surface area (Å²) < 4.78 is 32.5. The second-order valence-corrected chi connectivity index (χ2v) is 10.2. The second-order valence-electron chi connectivity index (χ2n) is 8.22. The summed E-state index contributed by atoms with van der Waals surface area (Å²) in [5.41, 5.74) is 1.74. The van der Waals surface area contributed by atoms with Crippen molar-refractivity contribution in [2.45, 2.75) is 37.8 Å². The van der Waals surface area contributed by atoms with Crippen LogP contribution >= 0.6 is 0 Å². The van der Waals surface area contributed by atoms with Gasteiger partial charge in [0.2, 0.25) is 10.0 Å². The van der Waals surface area contributed by atoms with E-state index in [9.17, 15) is 13.2 Å². The van der Waals surface area contributed by atoms with Crippen molar-refractivity contribution < 1.29 is 17.9 Å². The number of carbonyl (C=O) groups excluding carboxylic acids is 1. The maximum Gasteiger partial charge on any atom is 0.251 e. The van der Waals surface area contributed by atoms with Crippen LogP contribution < -0.4 is 5.32 Å². The van der Waals surface area contributed by atoms with Gasteiger partial charge in [0, 0.05) is 51.4 Å². The predicted molar refractivity (Wildman–Crippen MR) is 125 cm³/mol. The number of nitrogens with zero attached hydrogens (tertiary/aromatic N) is 2. The summed E-state index contributed by atoms with van der Waals surface area (Å²) >= 11 is 0. The largest absolute Gasteiger partial charge is 0.379 e. The fourth-order valence-electron chi connectivity index (χ4n) is 3.58. The number of sulfonamides is 1. The minimum atomic E-state index is -3.43. The first-order valence-electron chi connectivity index (χ1n) is 11.1. The molecule has 0 bridgehead atoms. The first-order chi connectivity index (χ1) is 15.4. The number of nitrogens with one attached hydrogen (secondary N) is 1. The van der Waals surface area contributed by atoms with Gasteiger partial charge in [-0.3, -0.25) is 9.69 Å². The van der Waals surface area contributed by atoms with E-state index >= 15 is 0 Å². The van der Waals surface area contributed by atoms with Gasteiger partial charge in [0.15, 0.2) is 0 Å². The average Bonchev–Trinajstić information content (AvgIpc) is 2.80. The molecule has 2 aromatic carbocycles. The summed E-state index contributed by atoms with van der Waals surface area (Å²) in [5.74, 6) is -0.0826. The van der Waals surface area contributed by atoms with Crippen molar-refractivity contribution >= 4 is 15.9 Å². The molecule has 0 aromatic heterocycles. The van der Waals surface area contributed by atoms with Crippen molar-refractivity contribution in [3.8, 4) is 0 Å². The summed E-state index contributed by atoms with van der Waals surface area (Å²) in [5, 5.41) is 2.91. The summed E-state index contributed by atoms with van der Waals surface area (Å²) in [4.78, 5) is 14.8. The Morgan fingerprint density at radius 1 is 1.00 bits per heavy atom. The molecular weight excluding hydrogens is 426 g/mol. The van der Waals surface area contributed by atoms with Gasteiger partial charge in [-0.2, -0.15) is 4.31 Å². The number of hydrogen-bond donors (Lipinski definition) is 1. The Labute approximate surface area is 191 Å². The van der Waals surface area contributed by atoms with E-state index in [1.807, 2.05) is 44.2 Å². The summed E-state index contributed by atoms with van der Waals surface area (Å²) in [6.07, 6.45) is 0.989. The molecule has 174 valence electrons. The van der Waals surface area contributed by atoms with Gasteiger partial charge in [-0.05, 0) is 50.1 Å². The van der Waals surface area contributed by atoms with Crippen LogP contribution in [0.15, 0.2) is 59.5 Å². The molecule has 8 heteroatoms. The lowest BCUT2D eigenvalue weighted by Crippen LogP contribution is -2.48. The van der Waals surface area contributed by atoms with Gasteiger partial charge < -0.3 is 10.1 Å². The number of piperazine rings is 1. The highest BCUT2D eigenvalue weighted by Crippen LogP contribution is 2.18. The lowest BCUT2D eigenvalue weighted by molar-refractivity contribution is 0.0757. The van der Waals surface area contributed by atoms with E-state index in [-0.39, 0.29) is 12.0 Å². The molecule has 1 aliphatic heterocycles. The number of amides is 1. The van der Waals surface area contributed by atoms with Gasteiger partial charge in [-0.25, -0.2) is 8.42 Å². The number of rotatable bonds is 10. The van der Waals surface area contributed by atoms with Gasteiger partial charge in [-0.1, -0.05) is 30.3 Å². The van der Waals surface area contributed by atoms with E-state index in [2.05, 4.69) is 10.2 Å². The highest BCUT2D eigenvalue weighted by molar-refractivity contribution is 7.89. The van der Waals surface area contributed by atoms with Crippen molar-refractivity contribution in [2.24, 2.45) is 0 Å². The van der Waals surface area contributed by atoms with Crippen LogP contribution in [0.2, 0.25) is 0 Å². The number of ether oxygens (including phenoxy) is 1. The van der Waals surface area contributed by atoms with Crippen LogP contribution in [0.4, 0.5) is 0 Å². The molecule has 1 amide bonds. The third-order valence-electron chi connectivity index (χ3n) is 5.39. The van der Waals surface area contributed by atoms with Gasteiger partial charge in [0.05, 0.1) is 11.0 Å². The Kier molecular flexibility index (Phi) is 8.81. The molecule has 1 saturated heterocycles. The van der Waals surface area contributed by atoms with Crippen LogP contribution in [-0.4, -0.2) is 69.0 Å². The van der Waals surface area contributed by atoms with Crippen molar-refractivity contribution in [1.82, 2.24) is 14.5 Å². The molecule has 1 N–H and O–H groups in total. The van der Waals surface area contributed by atoms with E-state index in [0.29, 0.717) is 49.8 Å². The average molecular weight is 460 g/mol. The number of benzene rings is 2.